The van der Waals surface area contributed by atoms with Gasteiger partial charge >= 0.3 is 0 Å². The highest BCUT2D eigenvalue weighted by atomic mass is 32.1. The summed E-state index contributed by atoms with van der Waals surface area (Å²) in [7, 11) is 5.08. The Balaban J connectivity index is 1.51. The topological polar surface area (TPSA) is 43.8 Å². The maximum Gasteiger partial charge on any atom is 0.186 e. The van der Waals surface area contributed by atoms with E-state index in [2.05, 4.69) is 46.7 Å². The molecule has 0 unspecified atom stereocenters. The van der Waals surface area contributed by atoms with Crippen LogP contribution < -0.4 is 19.1 Å². The molecule has 0 saturated heterocycles. The molecule has 0 aliphatic rings. The third-order valence-electron chi connectivity index (χ3n) is 5.65. The van der Waals surface area contributed by atoms with Crippen molar-refractivity contribution in [3.05, 3.63) is 101 Å². The Hall–Kier alpha value is -3.51. The van der Waals surface area contributed by atoms with Crippen molar-refractivity contribution in [2.45, 2.75) is 25.9 Å². The molecule has 0 N–H and O–H groups in total. The van der Waals surface area contributed by atoms with Gasteiger partial charge in [-0.3, -0.25) is 0 Å². The van der Waals surface area contributed by atoms with Crippen molar-refractivity contribution in [3.63, 3.8) is 0 Å². The van der Waals surface area contributed by atoms with Gasteiger partial charge in [-0.05, 0) is 65.9 Å². The smallest absolute Gasteiger partial charge is 0.186 e. The summed E-state index contributed by atoms with van der Waals surface area (Å²) in [5, 5.41) is 3.18. The summed E-state index contributed by atoms with van der Waals surface area (Å²) in [5.74, 6) is 2.60. The van der Waals surface area contributed by atoms with Crippen LogP contribution >= 0.6 is 11.3 Å². The Morgan fingerprint density at radius 3 is 1.82 bits per heavy atom. The van der Waals surface area contributed by atoms with Crippen LogP contribution in [0.2, 0.25) is 0 Å². The van der Waals surface area contributed by atoms with Gasteiger partial charge in [0, 0.05) is 18.5 Å². The van der Waals surface area contributed by atoms with Crippen LogP contribution in [0, 0.1) is 0 Å². The number of ether oxygens (including phenoxy) is 3. The standard InChI is InChI=1S/C28H30N2O3S/c1-31-25-14-11-21(12-15-25)10-13-24-20-34-28(29-24)30(18-22-6-4-8-26(16-22)32-2)19-23-7-5-9-27(17-23)33-3/h4-9,11-12,14-17,20H,10,13,18-19H2,1-3H3. The molecule has 0 saturated carbocycles. The van der Waals surface area contributed by atoms with Gasteiger partial charge in [0.15, 0.2) is 5.13 Å². The second-order valence-corrected chi connectivity index (χ2v) is 8.87. The van der Waals surface area contributed by atoms with Crippen molar-refractivity contribution in [1.82, 2.24) is 4.98 Å². The summed E-state index contributed by atoms with van der Waals surface area (Å²) in [4.78, 5) is 7.30. The van der Waals surface area contributed by atoms with Crippen LogP contribution in [0.5, 0.6) is 17.2 Å². The van der Waals surface area contributed by atoms with Crippen molar-refractivity contribution < 1.29 is 14.2 Å². The zero-order chi connectivity index (χ0) is 23.8. The summed E-state index contributed by atoms with van der Waals surface area (Å²) in [5.41, 5.74) is 4.74. The normalized spacial score (nSPS) is 10.7. The first-order valence-electron chi connectivity index (χ1n) is 11.2. The van der Waals surface area contributed by atoms with E-state index in [-0.39, 0.29) is 0 Å². The summed E-state index contributed by atoms with van der Waals surface area (Å²) >= 11 is 1.69. The van der Waals surface area contributed by atoms with Gasteiger partial charge in [-0.2, -0.15) is 0 Å². The Morgan fingerprint density at radius 2 is 1.26 bits per heavy atom. The van der Waals surface area contributed by atoms with Gasteiger partial charge in [-0.25, -0.2) is 4.98 Å². The molecule has 0 spiro atoms. The lowest BCUT2D eigenvalue weighted by molar-refractivity contribution is 0.414. The summed E-state index contributed by atoms with van der Waals surface area (Å²) in [6, 6.07) is 24.6. The van der Waals surface area contributed by atoms with Gasteiger partial charge in [0.2, 0.25) is 0 Å². The van der Waals surface area contributed by atoms with Crippen LogP contribution in [0.15, 0.2) is 78.2 Å². The molecular formula is C28H30N2O3S. The molecular weight excluding hydrogens is 444 g/mol. The van der Waals surface area contributed by atoms with Crippen LogP contribution in [0.4, 0.5) is 5.13 Å². The van der Waals surface area contributed by atoms with Crippen molar-refractivity contribution in [2.24, 2.45) is 0 Å². The lowest BCUT2D eigenvalue weighted by Crippen LogP contribution is -2.22. The molecule has 4 aromatic rings. The second-order valence-electron chi connectivity index (χ2n) is 8.03. The monoisotopic (exact) mass is 474 g/mol. The van der Waals surface area contributed by atoms with Gasteiger partial charge in [0.25, 0.3) is 0 Å². The highest BCUT2D eigenvalue weighted by molar-refractivity contribution is 7.13. The van der Waals surface area contributed by atoms with Crippen LogP contribution in [0.3, 0.4) is 0 Å². The number of benzene rings is 3. The minimum absolute atomic E-state index is 0.736. The number of rotatable bonds is 11. The van der Waals surface area contributed by atoms with E-state index in [0.717, 1.165) is 54.0 Å². The maximum absolute atomic E-state index is 5.43. The number of anilines is 1. The minimum atomic E-state index is 0.736. The number of methoxy groups -OCH3 is 3. The fraction of sp³-hybridized carbons (Fsp3) is 0.250. The number of nitrogens with zero attached hydrogens (tertiary/aromatic N) is 2. The number of thiazole rings is 1. The van der Waals surface area contributed by atoms with E-state index < -0.39 is 0 Å². The molecule has 3 aromatic carbocycles. The predicted molar refractivity (Wildman–Crippen MR) is 138 cm³/mol. The van der Waals surface area contributed by atoms with Gasteiger partial charge in [0.05, 0.1) is 27.0 Å². The molecule has 0 bridgehead atoms. The summed E-state index contributed by atoms with van der Waals surface area (Å²) in [6.45, 7) is 1.47. The van der Waals surface area contributed by atoms with Crippen molar-refractivity contribution in [3.8, 4) is 17.2 Å². The number of aryl methyl sites for hydroxylation is 2. The highest BCUT2D eigenvalue weighted by Gasteiger charge is 2.14. The molecule has 6 heteroatoms. The molecule has 0 aliphatic carbocycles. The fourth-order valence-corrected chi connectivity index (χ4v) is 4.65. The third kappa shape index (κ3) is 6.29. The summed E-state index contributed by atoms with van der Waals surface area (Å²) in [6.07, 6.45) is 1.84. The number of hydrogen-bond donors (Lipinski definition) is 0. The molecule has 4 rings (SSSR count). The first kappa shape index (κ1) is 23.6. The van der Waals surface area contributed by atoms with E-state index in [4.69, 9.17) is 19.2 Å². The lowest BCUT2D eigenvalue weighted by Gasteiger charge is -2.23. The first-order chi connectivity index (χ1) is 16.7. The van der Waals surface area contributed by atoms with Gasteiger partial charge in [0.1, 0.15) is 17.2 Å². The molecule has 5 nitrogen and oxygen atoms in total. The Bertz CT molecular complexity index is 1140. The van der Waals surface area contributed by atoms with Gasteiger partial charge in [-0.1, -0.05) is 36.4 Å². The molecule has 0 fully saturated rings. The lowest BCUT2D eigenvalue weighted by atomic mass is 10.1. The Kier molecular flexibility index (Phi) is 8.04. The average molecular weight is 475 g/mol. The van der Waals surface area contributed by atoms with E-state index in [1.807, 2.05) is 36.4 Å². The third-order valence-corrected chi connectivity index (χ3v) is 6.60. The molecule has 0 aliphatic heterocycles. The first-order valence-corrected chi connectivity index (χ1v) is 12.1. The quantitative estimate of drug-likeness (QED) is 0.260. The molecule has 34 heavy (non-hydrogen) atoms. The van der Waals surface area contributed by atoms with E-state index in [9.17, 15) is 0 Å². The average Bonchev–Trinajstić information content (AvgIpc) is 3.37. The maximum atomic E-state index is 5.43. The molecule has 1 aromatic heterocycles. The van der Waals surface area contributed by atoms with Crippen molar-refractivity contribution in [1.29, 1.82) is 0 Å². The second kappa shape index (κ2) is 11.6. The highest BCUT2D eigenvalue weighted by Crippen LogP contribution is 2.27. The number of aromatic nitrogens is 1. The van der Waals surface area contributed by atoms with Gasteiger partial charge < -0.3 is 19.1 Å². The fourth-order valence-electron chi connectivity index (χ4n) is 3.79. The zero-order valence-electron chi connectivity index (χ0n) is 19.9. The largest absolute Gasteiger partial charge is 0.497 e. The van der Waals surface area contributed by atoms with Crippen molar-refractivity contribution >= 4 is 16.5 Å². The van der Waals surface area contributed by atoms with E-state index in [0.29, 0.717) is 0 Å². The molecule has 0 amide bonds. The van der Waals surface area contributed by atoms with E-state index in [1.54, 1.807) is 32.7 Å². The van der Waals surface area contributed by atoms with Crippen LogP contribution in [0.1, 0.15) is 22.4 Å². The molecule has 1 heterocycles. The molecule has 0 radical (unpaired) electrons. The Labute approximate surface area is 205 Å². The Morgan fingerprint density at radius 1 is 0.676 bits per heavy atom. The van der Waals surface area contributed by atoms with E-state index in [1.165, 1.54) is 16.7 Å². The zero-order valence-corrected chi connectivity index (χ0v) is 20.7. The van der Waals surface area contributed by atoms with Crippen molar-refractivity contribution in [2.75, 3.05) is 26.2 Å². The van der Waals surface area contributed by atoms with Gasteiger partial charge in [-0.15, -0.1) is 11.3 Å². The van der Waals surface area contributed by atoms with Crippen LogP contribution in [-0.2, 0) is 25.9 Å². The molecule has 176 valence electrons. The SMILES string of the molecule is COc1ccc(CCc2csc(N(Cc3cccc(OC)c3)Cc3cccc(OC)c3)n2)cc1. The number of hydrogen-bond acceptors (Lipinski definition) is 6. The minimum Gasteiger partial charge on any atom is -0.497 e. The molecule has 0 atom stereocenters. The van der Waals surface area contributed by atoms with Crippen LogP contribution in [0.25, 0.3) is 0 Å². The predicted octanol–water partition coefficient (Wildman–Crippen LogP) is 6.16. The van der Waals surface area contributed by atoms with Crippen LogP contribution in [-0.4, -0.2) is 26.3 Å². The van der Waals surface area contributed by atoms with E-state index >= 15 is 0 Å². The summed E-state index contributed by atoms with van der Waals surface area (Å²) < 4.78 is 16.1.